The van der Waals surface area contributed by atoms with Crippen molar-refractivity contribution in [2.45, 2.75) is 39.3 Å². The minimum absolute atomic E-state index is 0.426. The monoisotopic (exact) mass is 156 g/mol. The van der Waals surface area contributed by atoms with Crippen LogP contribution in [-0.4, -0.2) is 5.67 Å². The van der Waals surface area contributed by atoms with Crippen LogP contribution in [0.25, 0.3) is 0 Å². The van der Waals surface area contributed by atoms with Crippen molar-refractivity contribution in [2.24, 2.45) is 23.7 Å². The Bertz CT molecular complexity index is 158. The summed E-state index contributed by atoms with van der Waals surface area (Å²) in [6, 6.07) is 0. The van der Waals surface area contributed by atoms with Crippen LogP contribution in [0.15, 0.2) is 0 Å². The molecule has 0 N–H and O–H groups in total. The second kappa shape index (κ2) is 1.99. The van der Waals surface area contributed by atoms with Crippen molar-refractivity contribution < 1.29 is 4.39 Å². The molecular formula is C10H17F. The Morgan fingerprint density at radius 1 is 1.27 bits per heavy atom. The van der Waals surface area contributed by atoms with Gasteiger partial charge in [-0.05, 0) is 43.4 Å². The summed E-state index contributed by atoms with van der Waals surface area (Å²) < 4.78 is 13.3. The van der Waals surface area contributed by atoms with E-state index < -0.39 is 5.67 Å². The van der Waals surface area contributed by atoms with Crippen LogP contribution < -0.4 is 0 Å². The summed E-state index contributed by atoms with van der Waals surface area (Å²) in [7, 11) is 0. The SMILES string of the molecule is CC(C)C1C[C@@H]2[C@H](C1)C2(C)F. The first-order valence-electron chi connectivity index (χ1n) is 4.72. The largest absolute Gasteiger partial charge is 0.244 e. The summed E-state index contributed by atoms with van der Waals surface area (Å²) in [5, 5.41) is 0. The quantitative estimate of drug-likeness (QED) is 0.547. The summed E-state index contributed by atoms with van der Waals surface area (Å²) in [4.78, 5) is 0. The maximum absolute atomic E-state index is 13.3. The summed E-state index contributed by atoms with van der Waals surface area (Å²) in [6.45, 7) is 6.29. The van der Waals surface area contributed by atoms with Gasteiger partial charge < -0.3 is 0 Å². The summed E-state index contributed by atoms with van der Waals surface area (Å²) in [6.07, 6.45) is 2.30. The van der Waals surface area contributed by atoms with Gasteiger partial charge in [-0.15, -0.1) is 0 Å². The predicted molar refractivity (Wildman–Crippen MR) is 44.1 cm³/mol. The normalized spacial score (nSPS) is 54.8. The fourth-order valence-electron chi connectivity index (χ4n) is 2.74. The van der Waals surface area contributed by atoms with Gasteiger partial charge in [0.25, 0.3) is 0 Å². The number of hydrogen-bond acceptors (Lipinski definition) is 0. The molecule has 0 amide bonds. The third kappa shape index (κ3) is 0.929. The Morgan fingerprint density at radius 2 is 1.73 bits per heavy atom. The van der Waals surface area contributed by atoms with Gasteiger partial charge in [0.15, 0.2) is 0 Å². The highest BCUT2D eigenvalue weighted by atomic mass is 19.1. The van der Waals surface area contributed by atoms with Crippen molar-refractivity contribution in [3.63, 3.8) is 0 Å². The third-order valence-electron chi connectivity index (χ3n) is 3.88. The Labute approximate surface area is 68.2 Å². The van der Waals surface area contributed by atoms with Crippen molar-refractivity contribution in [3.8, 4) is 0 Å². The van der Waals surface area contributed by atoms with Crippen molar-refractivity contribution in [1.82, 2.24) is 0 Å². The van der Waals surface area contributed by atoms with Crippen LogP contribution >= 0.6 is 0 Å². The Kier molecular flexibility index (Phi) is 1.37. The zero-order chi connectivity index (χ0) is 8.22. The molecule has 0 saturated heterocycles. The number of fused-ring (bicyclic) bond motifs is 1. The summed E-state index contributed by atoms with van der Waals surface area (Å²) >= 11 is 0. The zero-order valence-electron chi connectivity index (χ0n) is 7.60. The molecule has 0 spiro atoms. The molecule has 0 heterocycles. The fourth-order valence-corrected chi connectivity index (χ4v) is 2.74. The van der Waals surface area contributed by atoms with Gasteiger partial charge in [-0.2, -0.15) is 0 Å². The van der Waals surface area contributed by atoms with Crippen LogP contribution in [0.3, 0.4) is 0 Å². The molecule has 4 atom stereocenters. The van der Waals surface area contributed by atoms with Crippen molar-refractivity contribution in [1.29, 1.82) is 0 Å². The average Bonchev–Trinajstić information content (AvgIpc) is 2.28. The van der Waals surface area contributed by atoms with E-state index in [1.807, 2.05) is 0 Å². The highest BCUT2D eigenvalue weighted by Crippen LogP contribution is 2.65. The molecule has 64 valence electrons. The lowest BCUT2D eigenvalue weighted by Crippen LogP contribution is -2.13. The van der Waals surface area contributed by atoms with E-state index in [0.29, 0.717) is 11.8 Å². The topological polar surface area (TPSA) is 0 Å². The van der Waals surface area contributed by atoms with E-state index in [1.165, 1.54) is 0 Å². The van der Waals surface area contributed by atoms with Crippen LogP contribution in [0.1, 0.15) is 33.6 Å². The Balaban J connectivity index is 1.95. The molecule has 1 heteroatoms. The molecule has 2 saturated carbocycles. The molecule has 2 fully saturated rings. The second-order valence-corrected chi connectivity index (χ2v) is 4.84. The van der Waals surface area contributed by atoms with Gasteiger partial charge in [-0.1, -0.05) is 13.8 Å². The zero-order valence-corrected chi connectivity index (χ0v) is 7.60. The van der Waals surface area contributed by atoms with Crippen LogP contribution in [0.2, 0.25) is 0 Å². The minimum atomic E-state index is -0.772. The van der Waals surface area contributed by atoms with Gasteiger partial charge in [-0.25, -0.2) is 4.39 Å². The maximum atomic E-state index is 13.3. The Hall–Kier alpha value is -0.0700. The minimum Gasteiger partial charge on any atom is -0.244 e. The van der Waals surface area contributed by atoms with Crippen molar-refractivity contribution in [2.75, 3.05) is 0 Å². The fraction of sp³-hybridized carbons (Fsp3) is 1.00. The molecule has 0 aromatic carbocycles. The van der Waals surface area contributed by atoms with E-state index in [9.17, 15) is 4.39 Å². The molecule has 0 aromatic rings. The third-order valence-corrected chi connectivity index (χ3v) is 3.88. The number of hydrogen-bond donors (Lipinski definition) is 0. The van der Waals surface area contributed by atoms with E-state index in [4.69, 9.17) is 0 Å². The molecule has 0 nitrogen and oxygen atoms in total. The first kappa shape index (κ1) is 7.57. The maximum Gasteiger partial charge on any atom is 0.114 e. The van der Waals surface area contributed by atoms with Crippen molar-refractivity contribution in [3.05, 3.63) is 0 Å². The van der Waals surface area contributed by atoms with Gasteiger partial charge >= 0.3 is 0 Å². The van der Waals surface area contributed by atoms with Gasteiger partial charge in [0.2, 0.25) is 0 Å². The number of rotatable bonds is 1. The molecule has 0 radical (unpaired) electrons. The lowest BCUT2D eigenvalue weighted by molar-refractivity contribution is 0.222. The standard InChI is InChI=1S/C10H17F/c1-6(2)7-4-8-9(5-7)10(8,3)11/h6-9H,4-5H2,1-3H3/t7?,8-,9+,10?. The second-order valence-electron chi connectivity index (χ2n) is 4.84. The molecular weight excluding hydrogens is 139 g/mol. The predicted octanol–water partition coefficient (Wildman–Crippen LogP) is 3.03. The van der Waals surface area contributed by atoms with E-state index in [2.05, 4.69) is 13.8 Å². The van der Waals surface area contributed by atoms with E-state index in [-0.39, 0.29) is 0 Å². The van der Waals surface area contributed by atoms with Crippen LogP contribution in [0.4, 0.5) is 4.39 Å². The van der Waals surface area contributed by atoms with E-state index in [0.717, 1.165) is 24.7 Å². The smallest absolute Gasteiger partial charge is 0.114 e. The lowest BCUT2D eigenvalue weighted by Gasteiger charge is -2.18. The van der Waals surface area contributed by atoms with Gasteiger partial charge in [-0.3, -0.25) is 0 Å². The summed E-state index contributed by atoms with van der Waals surface area (Å²) in [5.41, 5.74) is -0.772. The van der Waals surface area contributed by atoms with Gasteiger partial charge in [0, 0.05) is 0 Å². The van der Waals surface area contributed by atoms with E-state index >= 15 is 0 Å². The van der Waals surface area contributed by atoms with Gasteiger partial charge in [0.1, 0.15) is 5.67 Å². The molecule has 11 heavy (non-hydrogen) atoms. The first-order chi connectivity index (χ1) is 5.03. The average molecular weight is 156 g/mol. The van der Waals surface area contributed by atoms with Crippen LogP contribution in [-0.2, 0) is 0 Å². The summed E-state index contributed by atoms with van der Waals surface area (Å²) in [5.74, 6) is 2.43. The lowest BCUT2D eigenvalue weighted by atomic mass is 9.89. The molecule has 0 bridgehead atoms. The molecule has 2 rings (SSSR count). The van der Waals surface area contributed by atoms with Crippen LogP contribution in [0.5, 0.6) is 0 Å². The van der Waals surface area contributed by atoms with Crippen LogP contribution in [0, 0.1) is 23.7 Å². The number of alkyl halides is 1. The van der Waals surface area contributed by atoms with Gasteiger partial charge in [0.05, 0.1) is 0 Å². The van der Waals surface area contributed by atoms with E-state index in [1.54, 1.807) is 6.92 Å². The highest BCUT2D eigenvalue weighted by Gasteiger charge is 2.66. The molecule has 0 aromatic heterocycles. The first-order valence-corrected chi connectivity index (χ1v) is 4.72. The molecule has 2 aliphatic rings. The molecule has 2 unspecified atom stereocenters. The van der Waals surface area contributed by atoms with Crippen molar-refractivity contribution >= 4 is 0 Å². The molecule has 2 aliphatic carbocycles. The number of halogens is 1. The molecule has 0 aliphatic heterocycles. The highest BCUT2D eigenvalue weighted by molar-refractivity contribution is 5.14. The Morgan fingerprint density at radius 3 is 2.09 bits per heavy atom.